The molecule has 0 spiro atoms. The average Bonchev–Trinajstić information content (AvgIpc) is 3.64. The lowest BCUT2D eigenvalue weighted by atomic mass is 9.85. The number of aromatic nitrogens is 1. The summed E-state index contributed by atoms with van der Waals surface area (Å²) < 4.78 is 17.7. The van der Waals surface area contributed by atoms with Crippen molar-refractivity contribution in [3.63, 3.8) is 0 Å². The second-order valence-electron chi connectivity index (χ2n) is 17.2. The molecule has 15 heteroatoms. The molecule has 2 heterocycles. The van der Waals surface area contributed by atoms with Gasteiger partial charge >= 0.3 is 18.0 Å². The standard InChI is InChI=1S/C38H58N4O9SSi/c1-23-31(52-22-39-23)25-15-13-24(14-16-25)27(21-49-30(45)18-17-29(43)44)40-33(46)28-19-26(51-53(11,12)38(8,9)10)20-42(28)34(47)32(36(2,3)4)41-35(48)50-37(5,6)7/h13-16,22,26-28,32H,17-21H2,1-12H3,(H,40,46)(H,41,48)(H,43,44)/t26?,27-,28-,32+/m0/s1. The Balaban J connectivity index is 1.98. The second kappa shape index (κ2) is 17.1. The van der Waals surface area contributed by atoms with E-state index in [0.717, 1.165) is 16.1 Å². The molecule has 0 saturated carbocycles. The van der Waals surface area contributed by atoms with Gasteiger partial charge < -0.3 is 34.5 Å². The van der Waals surface area contributed by atoms with E-state index >= 15 is 0 Å². The Morgan fingerprint density at radius 1 is 0.981 bits per heavy atom. The molecule has 1 aromatic carbocycles. The van der Waals surface area contributed by atoms with Crippen LogP contribution in [-0.2, 0) is 33.1 Å². The van der Waals surface area contributed by atoms with Crippen LogP contribution in [0, 0.1) is 12.3 Å². The van der Waals surface area contributed by atoms with Crippen molar-refractivity contribution in [1.29, 1.82) is 0 Å². The van der Waals surface area contributed by atoms with E-state index in [-0.39, 0.29) is 37.5 Å². The fourth-order valence-corrected chi connectivity index (χ4v) is 7.77. The maximum atomic E-state index is 14.5. The molecule has 1 fully saturated rings. The van der Waals surface area contributed by atoms with Crippen molar-refractivity contribution in [3.8, 4) is 10.4 Å². The number of aryl methyl sites for hydroxylation is 1. The molecular formula is C38H58N4O9SSi. The number of hydrogen-bond acceptors (Lipinski definition) is 10. The molecule has 294 valence electrons. The number of hydrogen-bond donors (Lipinski definition) is 3. The molecule has 0 radical (unpaired) electrons. The first kappa shape index (κ1) is 43.6. The number of amides is 3. The highest BCUT2D eigenvalue weighted by Gasteiger charge is 2.48. The van der Waals surface area contributed by atoms with Gasteiger partial charge in [-0.1, -0.05) is 65.8 Å². The number of carboxylic acid groups (broad SMARTS) is 1. The number of carboxylic acids is 1. The number of aliphatic carboxylic acids is 1. The van der Waals surface area contributed by atoms with E-state index in [4.69, 9.17) is 19.0 Å². The monoisotopic (exact) mass is 774 g/mol. The van der Waals surface area contributed by atoms with Gasteiger partial charge in [0, 0.05) is 13.0 Å². The summed E-state index contributed by atoms with van der Waals surface area (Å²) in [5.41, 5.74) is 2.67. The Hall–Kier alpha value is -3.82. The minimum atomic E-state index is -2.34. The summed E-state index contributed by atoms with van der Waals surface area (Å²) in [6.07, 6.45) is -1.70. The third-order valence-electron chi connectivity index (χ3n) is 9.48. The molecule has 2 aromatic rings. The zero-order chi connectivity index (χ0) is 40.1. The molecule has 1 unspecified atom stereocenters. The zero-order valence-corrected chi connectivity index (χ0v) is 35.1. The average molecular weight is 775 g/mol. The number of esters is 1. The van der Waals surface area contributed by atoms with E-state index < -0.39 is 73.4 Å². The van der Waals surface area contributed by atoms with Crippen LogP contribution in [0.1, 0.15) is 98.9 Å². The highest BCUT2D eigenvalue weighted by molar-refractivity contribution is 7.13. The highest BCUT2D eigenvalue weighted by atomic mass is 32.1. The minimum Gasteiger partial charge on any atom is -0.481 e. The van der Waals surface area contributed by atoms with Crippen LogP contribution in [0.5, 0.6) is 0 Å². The Morgan fingerprint density at radius 3 is 2.11 bits per heavy atom. The maximum Gasteiger partial charge on any atom is 0.408 e. The van der Waals surface area contributed by atoms with E-state index in [0.29, 0.717) is 5.56 Å². The molecule has 1 aliphatic heterocycles. The number of benzene rings is 1. The van der Waals surface area contributed by atoms with Crippen LogP contribution < -0.4 is 10.6 Å². The number of nitrogens with zero attached hydrogens (tertiary/aromatic N) is 2. The van der Waals surface area contributed by atoms with Crippen molar-refractivity contribution in [1.82, 2.24) is 20.5 Å². The minimum absolute atomic E-state index is 0.129. The summed E-state index contributed by atoms with van der Waals surface area (Å²) in [4.78, 5) is 72.2. The second-order valence-corrected chi connectivity index (χ2v) is 22.8. The first-order valence-electron chi connectivity index (χ1n) is 17.9. The van der Waals surface area contributed by atoms with Gasteiger partial charge in [-0.05, 0) is 62.4 Å². The summed E-state index contributed by atoms with van der Waals surface area (Å²) in [5.74, 6) is -2.79. The maximum absolute atomic E-state index is 14.5. The van der Waals surface area contributed by atoms with Gasteiger partial charge in [-0.15, -0.1) is 11.3 Å². The number of rotatable bonds is 13. The van der Waals surface area contributed by atoms with Crippen LogP contribution in [0.4, 0.5) is 4.79 Å². The number of thiazole rings is 1. The fraction of sp³-hybridized carbons (Fsp3) is 0.632. The molecule has 13 nitrogen and oxygen atoms in total. The SMILES string of the molecule is Cc1ncsc1-c1ccc([C@H](COC(=O)CCC(=O)O)NC(=O)[C@@H]2CC(O[Si](C)(C)C(C)(C)C)CN2C(=O)[C@@H](NC(=O)OC(C)(C)C)C(C)(C)C)cc1. The first-order valence-corrected chi connectivity index (χ1v) is 21.7. The number of ether oxygens (including phenoxy) is 2. The summed E-state index contributed by atoms with van der Waals surface area (Å²) in [6.45, 7) is 23.0. The quantitative estimate of drug-likeness (QED) is 0.148. The third kappa shape index (κ3) is 12.4. The van der Waals surface area contributed by atoms with Gasteiger partial charge in [-0.2, -0.15) is 0 Å². The van der Waals surface area contributed by atoms with Gasteiger partial charge in [0.15, 0.2) is 8.32 Å². The van der Waals surface area contributed by atoms with Crippen molar-refractivity contribution in [2.75, 3.05) is 13.2 Å². The first-order chi connectivity index (χ1) is 24.3. The van der Waals surface area contributed by atoms with Gasteiger partial charge in [0.2, 0.25) is 11.8 Å². The molecule has 1 aromatic heterocycles. The Kier molecular flexibility index (Phi) is 14.1. The van der Waals surface area contributed by atoms with E-state index in [9.17, 15) is 24.0 Å². The number of alkyl carbamates (subject to hydrolysis) is 1. The molecule has 0 bridgehead atoms. The predicted molar refractivity (Wildman–Crippen MR) is 206 cm³/mol. The number of nitrogens with one attached hydrogen (secondary N) is 2. The van der Waals surface area contributed by atoms with Gasteiger partial charge in [0.05, 0.1) is 41.1 Å². The van der Waals surface area contributed by atoms with E-state index in [1.54, 1.807) is 26.3 Å². The molecule has 3 rings (SSSR count). The smallest absolute Gasteiger partial charge is 0.408 e. The van der Waals surface area contributed by atoms with Crippen molar-refractivity contribution in [2.45, 2.75) is 136 Å². The topological polar surface area (TPSA) is 173 Å². The Bertz CT molecular complexity index is 1620. The normalized spacial score (nSPS) is 17.8. The summed E-state index contributed by atoms with van der Waals surface area (Å²) in [5, 5.41) is 14.7. The summed E-state index contributed by atoms with van der Waals surface area (Å²) >= 11 is 1.51. The molecule has 0 aliphatic carbocycles. The van der Waals surface area contributed by atoms with Crippen LogP contribution in [0.25, 0.3) is 10.4 Å². The van der Waals surface area contributed by atoms with Gasteiger partial charge in [-0.25, -0.2) is 9.78 Å². The predicted octanol–water partition coefficient (Wildman–Crippen LogP) is 6.61. The summed E-state index contributed by atoms with van der Waals surface area (Å²) in [6, 6.07) is 4.60. The molecule has 3 N–H and O–H groups in total. The van der Waals surface area contributed by atoms with Gasteiger partial charge in [0.25, 0.3) is 0 Å². The van der Waals surface area contributed by atoms with Crippen LogP contribution >= 0.6 is 11.3 Å². The van der Waals surface area contributed by atoms with Crippen LogP contribution in [0.3, 0.4) is 0 Å². The largest absolute Gasteiger partial charge is 0.481 e. The lowest BCUT2D eigenvalue weighted by molar-refractivity contribution is -0.149. The Labute approximate surface area is 318 Å². The fourth-order valence-electron chi connectivity index (χ4n) is 5.60. The summed E-state index contributed by atoms with van der Waals surface area (Å²) in [7, 11) is -2.34. The zero-order valence-electron chi connectivity index (χ0n) is 33.2. The number of carbonyl (C=O) groups is 5. The molecule has 53 heavy (non-hydrogen) atoms. The number of carbonyl (C=O) groups excluding carboxylic acids is 4. The van der Waals surface area contributed by atoms with Crippen LogP contribution in [0.15, 0.2) is 29.8 Å². The molecule has 1 saturated heterocycles. The molecular weight excluding hydrogens is 717 g/mol. The van der Waals surface area contributed by atoms with Gasteiger partial charge in [-0.3, -0.25) is 19.2 Å². The van der Waals surface area contributed by atoms with Crippen molar-refractivity contribution in [3.05, 3.63) is 41.0 Å². The molecule has 4 atom stereocenters. The van der Waals surface area contributed by atoms with Crippen LogP contribution in [-0.4, -0.2) is 90.1 Å². The molecule has 3 amide bonds. The molecule has 1 aliphatic rings. The number of likely N-dealkylation sites (tertiary alicyclic amines) is 1. The van der Waals surface area contributed by atoms with Crippen molar-refractivity contribution < 1.29 is 43.0 Å². The van der Waals surface area contributed by atoms with Gasteiger partial charge in [0.1, 0.15) is 24.3 Å². The lowest BCUT2D eigenvalue weighted by Gasteiger charge is -2.38. The third-order valence-corrected chi connectivity index (χ3v) is 15.0. The lowest BCUT2D eigenvalue weighted by Crippen LogP contribution is -2.58. The van der Waals surface area contributed by atoms with Crippen LogP contribution in [0.2, 0.25) is 18.1 Å². The Morgan fingerprint density at radius 2 is 1.60 bits per heavy atom. The van der Waals surface area contributed by atoms with E-state index in [2.05, 4.69) is 49.5 Å². The van der Waals surface area contributed by atoms with E-state index in [1.807, 2.05) is 52.0 Å². The van der Waals surface area contributed by atoms with E-state index in [1.165, 1.54) is 16.2 Å². The van der Waals surface area contributed by atoms with Crippen molar-refractivity contribution in [2.24, 2.45) is 5.41 Å². The highest BCUT2D eigenvalue weighted by Crippen LogP contribution is 2.39. The van der Waals surface area contributed by atoms with Crippen molar-refractivity contribution >= 4 is 49.5 Å².